The van der Waals surface area contributed by atoms with Crippen LogP contribution in [-0.4, -0.2) is 22.5 Å². The van der Waals surface area contributed by atoms with E-state index in [1.54, 1.807) is 6.07 Å². The number of carbonyl (C=O) groups excluding carboxylic acids is 1. The molecule has 0 aliphatic rings. The van der Waals surface area contributed by atoms with E-state index < -0.39 is 11.9 Å². The number of halogens is 1. The molecule has 2 aromatic carbocycles. The molecule has 3 N–H and O–H groups in total. The second kappa shape index (κ2) is 6.84. The molecular weight excluding hydrogens is 307 g/mol. The van der Waals surface area contributed by atoms with Crippen LogP contribution < -0.4 is 5.32 Å². The lowest BCUT2D eigenvalue weighted by molar-refractivity contribution is -0.120. The highest BCUT2D eigenvalue weighted by Crippen LogP contribution is 2.22. The number of aryl methyl sites for hydroxylation is 1. The van der Waals surface area contributed by atoms with Gasteiger partial charge in [-0.15, -0.1) is 0 Å². The first-order valence-corrected chi connectivity index (χ1v) is 7.80. The quantitative estimate of drug-likeness (QED) is 0.675. The second-order valence-corrected chi connectivity index (χ2v) is 5.86. The summed E-state index contributed by atoms with van der Waals surface area (Å²) >= 11 is 0. The Morgan fingerprint density at radius 1 is 1.29 bits per heavy atom. The Hall–Kier alpha value is -2.66. The molecule has 0 saturated heterocycles. The fourth-order valence-electron chi connectivity index (χ4n) is 2.87. The number of amides is 1. The first-order chi connectivity index (χ1) is 11.5. The van der Waals surface area contributed by atoms with Gasteiger partial charge in [-0.05, 0) is 41.8 Å². The minimum absolute atomic E-state index is 0.0453. The summed E-state index contributed by atoms with van der Waals surface area (Å²) in [5.41, 5.74) is 3.47. The number of fused-ring (bicyclic) bond motifs is 1. The van der Waals surface area contributed by atoms with Crippen molar-refractivity contribution in [2.45, 2.75) is 19.4 Å². The zero-order chi connectivity index (χ0) is 17.1. The van der Waals surface area contributed by atoms with Crippen LogP contribution in [0.2, 0.25) is 0 Å². The van der Waals surface area contributed by atoms with Crippen LogP contribution in [0.4, 0.5) is 4.39 Å². The number of nitrogens with one attached hydrogen (secondary N) is 2. The van der Waals surface area contributed by atoms with Gasteiger partial charge < -0.3 is 15.4 Å². The van der Waals surface area contributed by atoms with Crippen LogP contribution >= 0.6 is 0 Å². The van der Waals surface area contributed by atoms with E-state index in [4.69, 9.17) is 0 Å². The van der Waals surface area contributed by atoms with E-state index >= 15 is 0 Å². The van der Waals surface area contributed by atoms with Crippen molar-refractivity contribution in [1.82, 2.24) is 10.3 Å². The maximum atomic E-state index is 13.2. The number of benzene rings is 2. The maximum absolute atomic E-state index is 13.2. The molecule has 3 rings (SSSR count). The Morgan fingerprint density at radius 2 is 2.08 bits per heavy atom. The molecule has 1 unspecified atom stereocenters. The van der Waals surface area contributed by atoms with Crippen molar-refractivity contribution < 1.29 is 14.3 Å². The van der Waals surface area contributed by atoms with E-state index in [2.05, 4.69) is 10.3 Å². The number of rotatable bonds is 5. The van der Waals surface area contributed by atoms with E-state index in [1.165, 1.54) is 18.2 Å². The lowest BCUT2D eigenvalue weighted by Gasteiger charge is -2.12. The molecule has 0 fully saturated rings. The molecule has 0 spiro atoms. The molecule has 1 heterocycles. The Labute approximate surface area is 139 Å². The fraction of sp³-hybridized carbons (Fsp3) is 0.211. The van der Waals surface area contributed by atoms with Gasteiger partial charge in [0.2, 0.25) is 5.91 Å². The molecule has 0 saturated carbocycles. The van der Waals surface area contributed by atoms with Crippen LogP contribution in [0.1, 0.15) is 22.8 Å². The average Bonchev–Trinajstić information content (AvgIpc) is 2.97. The van der Waals surface area contributed by atoms with Crippen molar-refractivity contribution in [2.75, 3.05) is 6.54 Å². The summed E-state index contributed by atoms with van der Waals surface area (Å²) < 4.78 is 13.2. The smallest absolute Gasteiger partial charge is 0.224 e. The highest BCUT2D eigenvalue weighted by Gasteiger charge is 2.13. The number of H-pyrrole nitrogens is 1. The van der Waals surface area contributed by atoms with Gasteiger partial charge >= 0.3 is 0 Å². The Balaban J connectivity index is 1.63. The number of aliphatic hydroxyl groups is 1. The molecule has 0 aliphatic heterocycles. The third-order valence-corrected chi connectivity index (χ3v) is 4.07. The van der Waals surface area contributed by atoms with Gasteiger partial charge in [-0.1, -0.05) is 24.3 Å². The predicted molar refractivity (Wildman–Crippen MR) is 91.1 cm³/mol. The molecule has 1 amide bonds. The number of carbonyl (C=O) groups is 1. The molecule has 1 aromatic heterocycles. The Kier molecular flexibility index (Phi) is 4.62. The summed E-state index contributed by atoms with van der Waals surface area (Å²) in [5.74, 6) is -0.596. The number of aromatic nitrogens is 1. The first kappa shape index (κ1) is 16.2. The van der Waals surface area contributed by atoms with E-state index in [1.807, 2.05) is 31.3 Å². The third kappa shape index (κ3) is 3.46. The average molecular weight is 326 g/mol. The molecule has 3 aromatic rings. The highest BCUT2D eigenvalue weighted by atomic mass is 19.1. The zero-order valence-electron chi connectivity index (χ0n) is 13.3. The molecule has 0 radical (unpaired) electrons. The van der Waals surface area contributed by atoms with Gasteiger partial charge in [0.1, 0.15) is 5.82 Å². The van der Waals surface area contributed by atoms with Crippen LogP contribution in [-0.2, 0) is 11.2 Å². The van der Waals surface area contributed by atoms with Gasteiger partial charge in [0.05, 0.1) is 12.5 Å². The van der Waals surface area contributed by atoms with E-state index in [0.717, 1.165) is 22.0 Å². The van der Waals surface area contributed by atoms with Crippen molar-refractivity contribution in [2.24, 2.45) is 0 Å². The summed E-state index contributed by atoms with van der Waals surface area (Å²) in [7, 11) is 0. The van der Waals surface area contributed by atoms with E-state index in [-0.39, 0.29) is 18.9 Å². The van der Waals surface area contributed by atoms with E-state index in [9.17, 15) is 14.3 Å². The summed E-state index contributed by atoms with van der Waals surface area (Å²) in [6, 6.07) is 11.7. The fourth-order valence-corrected chi connectivity index (χ4v) is 2.87. The van der Waals surface area contributed by atoms with Crippen molar-refractivity contribution in [3.05, 3.63) is 71.2 Å². The maximum Gasteiger partial charge on any atom is 0.224 e. The number of hydrogen-bond acceptors (Lipinski definition) is 2. The normalized spacial score (nSPS) is 12.3. The molecule has 1 atom stereocenters. The molecule has 0 bridgehead atoms. The minimum Gasteiger partial charge on any atom is -0.387 e. The van der Waals surface area contributed by atoms with Gasteiger partial charge in [-0.25, -0.2) is 4.39 Å². The number of aromatic amines is 1. The van der Waals surface area contributed by atoms with Gasteiger partial charge in [0.25, 0.3) is 0 Å². The lowest BCUT2D eigenvalue weighted by Crippen LogP contribution is -2.29. The molecule has 0 aliphatic carbocycles. The Morgan fingerprint density at radius 3 is 2.88 bits per heavy atom. The largest absolute Gasteiger partial charge is 0.387 e. The zero-order valence-corrected chi connectivity index (χ0v) is 13.3. The minimum atomic E-state index is -0.936. The molecular formula is C19H19FN2O2. The lowest BCUT2D eigenvalue weighted by atomic mass is 10.1. The predicted octanol–water partition coefficient (Wildman–Crippen LogP) is 3.01. The van der Waals surface area contributed by atoms with Crippen LogP contribution in [0.5, 0.6) is 0 Å². The van der Waals surface area contributed by atoms with Gasteiger partial charge in [0, 0.05) is 23.6 Å². The van der Waals surface area contributed by atoms with Crippen molar-refractivity contribution in [3.63, 3.8) is 0 Å². The molecule has 124 valence electrons. The second-order valence-electron chi connectivity index (χ2n) is 5.86. The van der Waals surface area contributed by atoms with Crippen LogP contribution in [0.3, 0.4) is 0 Å². The standard InChI is InChI=1S/C19H19FN2O2/c1-12-4-2-7-16-19(12)14(10-21-16)9-18(24)22-11-17(23)13-5-3-6-15(20)8-13/h2-8,10,17,21,23H,9,11H2,1H3,(H,22,24). The third-order valence-electron chi connectivity index (χ3n) is 4.07. The van der Waals surface area contributed by atoms with Crippen molar-refractivity contribution >= 4 is 16.8 Å². The summed E-state index contributed by atoms with van der Waals surface area (Å²) in [5, 5.41) is 13.8. The monoisotopic (exact) mass is 326 g/mol. The Bertz CT molecular complexity index is 873. The first-order valence-electron chi connectivity index (χ1n) is 7.80. The summed E-state index contributed by atoms with van der Waals surface area (Å²) in [4.78, 5) is 15.3. The van der Waals surface area contributed by atoms with Crippen molar-refractivity contribution in [1.29, 1.82) is 0 Å². The van der Waals surface area contributed by atoms with Crippen LogP contribution in [0, 0.1) is 12.7 Å². The highest BCUT2D eigenvalue weighted by molar-refractivity contribution is 5.91. The van der Waals surface area contributed by atoms with Gasteiger partial charge in [-0.2, -0.15) is 0 Å². The topological polar surface area (TPSA) is 65.1 Å². The molecule has 24 heavy (non-hydrogen) atoms. The van der Waals surface area contributed by atoms with Gasteiger partial charge in [0.15, 0.2) is 0 Å². The molecule has 4 nitrogen and oxygen atoms in total. The summed E-state index contributed by atoms with van der Waals surface area (Å²) in [6.45, 7) is 2.05. The van der Waals surface area contributed by atoms with Crippen molar-refractivity contribution in [3.8, 4) is 0 Å². The van der Waals surface area contributed by atoms with Crippen LogP contribution in [0.15, 0.2) is 48.7 Å². The molecule has 5 heteroatoms. The summed E-state index contributed by atoms with van der Waals surface area (Å²) in [6.07, 6.45) is 1.12. The SMILES string of the molecule is Cc1cccc2[nH]cc(CC(=O)NCC(O)c3cccc(F)c3)c12. The number of hydrogen-bond donors (Lipinski definition) is 3. The number of aliphatic hydroxyl groups excluding tert-OH is 1. The van der Waals surface area contributed by atoms with Gasteiger partial charge in [-0.3, -0.25) is 4.79 Å². The van der Waals surface area contributed by atoms with Crippen LogP contribution in [0.25, 0.3) is 10.9 Å². The van der Waals surface area contributed by atoms with E-state index in [0.29, 0.717) is 5.56 Å².